The molecule has 0 saturated carbocycles. The lowest BCUT2D eigenvalue weighted by Crippen LogP contribution is -2.39. The largest absolute Gasteiger partial charge is 0.453 e. The summed E-state index contributed by atoms with van der Waals surface area (Å²) in [5.74, 6) is 0.495. The van der Waals surface area contributed by atoms with Crippen LogP contribution in [0.5, 0.6) is 0 Å². The lowest BCUT2D eigenvalue weighted by Gasteiger charge is -2.14. The molecule has 64 valence electrons. The van der Waals surface area contributed by atoms with Crippen LogP contribution in [0.4, 0.5) is 4.79 Å². The highest BCUT2D eigenvalue weighted by Gasteiger charge is 2.24. The quantitative estimate of drug-likeness (QED) is 0.562. The van der Waals surface area contributed by atoms with Gasteiger partial charge in [0.25, 0.3) is 0 Å². The lowest BCUT2D eigenvalue weighted by atomic mass is 10.1. The minimum absolute atomic E-state index is 0.224. The molecule has 2 atom stereocenters. The Balaban J connectivity index is 2.30. The smallest absolute Gasteiger partial charge is 0.407 e. The summed E-state index contributed by atoms with van der Waals surface area (Å²) in [5, 5.41) is 5.94. The predicted octanol–water partition coefficient (Wildman–Crippen LogP) is -0.0497. The molecule has 11 heavy (non-hydrogen) atoms. The Hall–Kier alpha value is -0.770. The van der Waals surface area contributed by atoms with Gasteiger partial charge in [-0.05, 0) is 12.5 Å². The SMILES string of the molecule is COC(=O)NC1CNCC1C. The highest BCUT2D eigenvalue weighted by Crippen LogP contribution is 2.06. The summed E-state index contributed by atoms with van der Waals surface area (Å²) in [6.07, 6.45) is -0.342. The second-order valence-corrected chi connectivity index (χ2v) is 2.88. The number of carbonyl (C=O) groups excluding carboxylic acids is 1. The first kappa shape index (κ1) is 8.33. The van der Waals surface area contributed by atoms with E-state index < -0.39 is 0 Å². The average Bonchev–Trinajstić information content (AvgIpc) is 2.37. The van der Waals surface area contributed by atoms with Gasteiger partial charge in [0.2, 0.25) is 0 Å². The number of hydrogen-bond donors (Lipinski definition) is 2. The number of ether oxygens (including phenoxy) is 1. The van der Waals surface area contributed by atoms with E-state index in [1.54, 1.807) is 0 Å². The maximum atomic E-state index is 10.8. The number of amides is 1. The second kappa shape index (κ2) is 3.57. The highest BCUT2D eigenvalue weighted by atomic mass is 16.5. The van der Waals surface area contributed by atoms with Gasteiger partial charge in [0, 0.05) is 12.6 Å². The van der Waals surface area contributed by atoms with Crippen molar-refractivity contribution in [3.8, 4) is 0 Å². The number of carbonyl (C=O) groups is 1. The first-order valence-electron chi connectivity index (χ1n) is 3.79. The molecule has 1 amide bonds. The van der Waals surface area contributed by atoms with Crippen LogP contribution in [-0.4, -0.2) is 32.3 Å². The van der Waals surface area contributed by atoms with Gasteiger partial charge < -0.3 is 15.4 Å². The van der Waals surface area contributed by atoms with Crippen LogP contribution < -0.4 is 10.6 Å². The van der Waals surface area contributed by atoms with Gasteiger partial charge in [-0.15, -0.1) is 0 Å². The Labute approximate surface area is 66.3 Å². The fraction of sp³-hybridized carbons (Fsp3) is 0.857. The zero-order valence-corrected chi connectivity index (χ0v) is 6.89. The topological polar surface area (TPSA) is 50.4 Å². The second-order valence-electron chi connectivity index (χ2n) is 2.88. The molecule has 0 aromatic rings. The predicted molar refractivity (Wildman–Crippen MR) is 41.4 cm³/mol. The van der Waals surface area contributed by atoms with Crippen molar-refractivity contribution < 1.29 is 9.53 Å². The highest BCUT2D eigenvalue weighted by molar-refractivity contribution is 5.67. The molecular formula is C7H14N2O2. The molecule has 4 nitrogen and oxygen atoms in total. The summed E-state index contributed by atoms with van der Waals surface area (Å²) in [6, 6.07) is 0.224. The van der Waals surface area contributed by atoms with Crippen molar-refractivity contribution >= 4 is 6.09 Å². The standard InChI is InChI=1S/C7H14N2O2/c1-5-3-8-4-6(5)9-7(10)11-2/h5-6,8H,3-4H2,1-2H3,(H,9,10). The Morgan fingerprint density at radius 1 is 1.64 bits per heavy atom. The van der Waals surface area contributed by atoms with Gasteiger partial charge in [-0.3, -0.25) is 0 Å². The van der Waals surface area contributed by atoms with Crippen LogP contribution in [0, 0.1) is 5.92 Å². The molecule has 1 aliphatic rings. The number of rotatable bonds is 1. The minimum Gasteiger partial charge on any atom is -0.453 e. The van der Waals surface area contributed by atoms with E-state index >= 15 is 0 Å². The van der Waals surface area contributed by atoms with E-state index in [4.69, 9.17) is 0 Å². The van der Waals surface area contributed by atoms with Crippen LogP contribution in [-0.2, 0) is 4.74 Å². The van der Waals surface area contributed by atoms with Crippen molar-refractivity contribution in [2.75, 3.05) is 20.2 Å². The molecule has 0 bridgehead atoms. The van der Waals surface area contributed by atoms with Crippen LogP contribution in [0.2, 0.25) is 0 Å². The maximum absolute atomic E-state index is 10.8. The van der Waals surface area contributed by atoms with Crippen molar-refractivity contribution in [1.82, 2.24) is 10.6 Å². The molecule has 1 fully saturated rings. The van der Waals surface area contributed by atoms with Gasteiger partial charge >= 0.3 is 6.09 Å². The fourth-order valence-electron chi connectivity index (χ4n) is 1.21. The van der Waals surface area contributed by atoms with Crippen molar-refractivity contribution in [2.24, 2.45) is 5.92 Å². The molecule has 1 saturated heterocycles. The van der Waals surface area contributed by atoms with Crippen LogP contribution in [0.25, 0.3) is 0 Å². The van der Waals surface area contributed by atoms with E-state index in [9.17, 15) is 4.79 Å². The Morgan fingerprint density at radius 3 is 2.82 bits per heavy atom. The van der Waals surface area contributed by atoms with Gasteiger partial charge in [-0.2, -0.15) is 0 Å². The first-order chi connectivity index (χ1) is 5.24. The number of hydrogen-bond acceptors (Lipinski definition) is 3. The third-order valence-electron chi connectivity index (χ3n) is 2.01. The number of methoxy groups -OCH3 is 1. The number of nitrogens with one attached hydrogen (secondary N) is 2. The lowest BCUT2D eigenvalue weighted by molar-refractivity contribution is 0.165. The summed E-state index contributed by atoms with van der Waals surface area (Å²) in [5.41, 5.74) is 0. The van der Waals surface area contributed by atoms with Gasteiger partial charge in [0.15, 0.2) is 0 Å². The molecule has 0 radical (unpaired) electrons. The summed E-state index contributed by atoms with van der Waals surface area (Å²) in [6.45, 7) is 3.91. The molecule has 0 aromatic carbocycles. The van der Waals surface area contributed by atoms with E-state index in [0.717, 1.165) is 13.1 Å². The fourth-order valence-corrected chi connectivity index (χ4v) is 1.21. The van der Waals surface area contributed by atoms with E-state index in [1.807, 2.05) is 0 Å². The molecule has 0 aromatic heterocycles. The molecule has 0 spiro atoms. The molecule has 2 N–H and O–H groups in total. The third-order valence-corrected chi connectivity index (χ3v) is 2.01. The van der Waals surface area contributed by atoms with E-state index in [-0.39, 0.29) is 12.1 Å². The van der Waals surface area contributed by atoms with Crippen LogP contribution in [0.3, 0.4) is 0 Å². The normalized spacial score (nSPS) is 30.0. The Kier molecular flexibility index (Phi) is 2.70. The maximum Gasteiger partial charge on any atom is 0.407 e. The van der Waals surface area contributed by atoms with Crippen LogP contribution in [0.15, 0.2) is 0 Å². The van der Waals surface area contributed by atoms with Gasteiger partial charge in [-0.1, -0.05) is 6.92 Å². The van der Waals surface area contributed by atoms with Crippen LogP contribution in [0.1, 0.15) is 6.92 Å². The average molecular weight is 158 g/mol. The zero-order valence-electron chi connectivity index (χ0n) is 6.89. The molecule has 4 heteroatoms. The van der Waals surface area contributed by atoms with Crippen molar-refractivity contribution in [1.29, 1.82) is 0 Å². The monoisotopic (exact) mass is 158 g/mol. The summed E-state index contributed by atoms with van der Waals surface area (Å²) < 4.78 is 4.48. The third kappa shape index (κ3) is 2.08. The molecule has 2 unspecified atom stereocenters. The van der Waals surface area contributed by atoms with E-state index in [2.05, 4.69) is 22.3 Å². The molecule has 1 rings (SSSR count). The summed E-state index contributed by atoms with van der Waals surface area (Å²) in [4.78, 5) is 10.8. The summed E-state index contributed by atoms with van der Waals surface area (Å²) >= 11 is 0. The van der Waals surface area contributed by atoms with Gasteiger partial charge in [0.1, 0.15) is 0 Å². The van der Waals surface area contributed by atoms with Crippen molar-refractivity contribution in [2.45, 2.75) is 13.0 Å². The van der Waals surface area contributed by atoms with E-state index in [1.165, 1.54) is 7.11 Å². The molecule has 0 aliphatic carbocycles. The van der Waals surface area contributed by atoms with Crippen LogP contribution >= 0.6 is 0 Å². The van der Waals surface area contributed by atoms with Gasteiger partial charge in [-0.25, -0.2) is 4.79 Å². The zero-order chi connectivity index (χ0) is 8.27. The Morgan fingerprint density at radius 2 is 2.36 bits per heavy atom. The molecular weight excluding hydrogens is 144 g/mol. The van der Waals surface area contributed by atoms with Gasteiger partial charge in [0.05, 0.1) is 7.11 Å². The van der Waals surface area contributed by atoms with Crippen molar-refractivity contribution in [3.05, 3.63) is 0 Å². The van der Waals surface area contributed by atoms with Crippen molar-refractivity contribution in [3.63, 3.8) is 0 Å². The summed E-state index contributed by atoms with van der Waals surface area (Å²) in [7, 11) is 1.38. The first-order valence-corrected chi connectivity index (χ1v) is 3.79. The number of alkyl carbamates (subject to hydrolysis) is 1. The molecule has 1 aliphatic heterocycles. The molecule has 1 heterocycles. The van der Waals surface area contributed by atoms with E-state index in [0.29, 0.717) is 5.92 Å². The Bertz CT molecular complexity index is 149. The minimum atomic E-state index is -0.342.